The van der Waals surface area contributed by atoms with Crippen LogP contribution in [0.25, 0.3) is 0 Å². The molecule has 0 aromatic heterocycles. The number of likely N-dealkylation sites (N-methyl/N-ethyl adjacent to an activating group) is 1. The van der Waals surface area contributed by atoms with Crippen molar-refractivity contribution >= 4 is 0 Å². The number of ether oxygens (including phenoxy) is 2. The maximum atomic E-state index is 12.1. The maximum absolute atomic E-state index is 12.1. The van der Waals surface area contributed by atoms with Crippen LogP contribution in [-0.4, -0.2) is 19.5 Å². The van der Waals surface area contributed by atoms with Crippen LogP contribution < -0.4 is 10.1 Å². The fourth-order valence-electron chi connectivity index (χ4n) is 2.23. The lowest BCUT2D eigenvalue weighted by molar-refractivity contribution is -0.274. The highest BCUT2D eigenvalue weighted by molar-refractivity contribution is 5.32. The molecule has 1 unspecified atom stereocenters. The van der Waals surface area contributed by atoms with Crippen molar-refractivity contribution in [3.8, 4) is 5.75 Å². The second-order valence-electron chi connectivity index (χ2n) is 4.70. The fraction of sp³-hybridized carbons (Fsp3) is 0.467. The number of hydrogen-bond acceptors (Lipinski definition) is 3. The van der Waals surface area contributed by atoms with E-state index in [-0.39, 0.29) is 11.8 Å². The Morgan fingerprint density at radius 2 is 2.00 bits per heavy atom. The fourth-order valence-corrected chi connectivity index (χ4v) is 2.23. The second-order valence-corrected chi connectivity index (χ2v) is 4.70. The first-order valence-corrected chi connectivity index (χ1v) is 6.91. The average molecular weight is 301 g/mol. The van der Waals surface area contributed by atoms with E-state index in [1.54, 1.807) is 12.1 Å². The summed E-state index contributed by atoms with van der Waals surface area (Å²) < 4.78 is 46.0. The lowest BCUT2D eigenvalue weighted by Gasteiger charge is -2.25. The molecule has 6 heteroatoms. The van der Waals surface area contributed by atoms with Crippen LogP contribution in [0.1, 0.15) is 31.4 Å². The van der Waals surface area contributed by atoms with Crippen molar-refractivity contribution in [2.24, 2.45) is 0 Å². The number of hydrogen-bond donors (Lipinski definition) is 1. The van der Waals surface area contributed by atoms with E-state index in [1.165, 1.54) is 12.1 Å². The minimum absolute atomic E-state index is 0.143. The standard InChI is InChI=1S/C15H18F3NO2/c1-2-19-14(13-5-3-4-10-20-13)11-6-8-12(9-7-11)21-15(16,17)18/h5-9,14,19H,2-4,10H2,1H3. The van der Waals surface area contributed by atoms with Crippen LogP contribution in [0.4, 0.5) is 13.2 Å². The molecule has 2 rings (SSSR count). The topological polar surface area (TPSA) is 30.5 Å². The van der Waals surface area contributed by atoms with E-state index in [4.69, 9.17) is 4.74 Å². The highest BCUT2D eigenvalue weighted by Gasteiger charge is 2.31. The van der Waals surface area contributed by atoms with Gasteiger partial charge in [-0.1, -0.05) is 19.1 Å². The monoisotopic (exact) mass is 301 g/mol. The van der Waals surface area contributed by atoms with Gasteiger partial charge in [0.05, 0.1) is 12.6 Å². The van der Waals surface area contributed by atoms with E-state index in [9.17, 15) is 13.2 Å². The Hall–Kier alpha value is -1.69. The van der Waals surface area contributed by atoms with Crippen molar-refractivity contribution in [3.05, 3.63) is 41.7 Å². The third-order valence-electron chi connectivity index (χ3n) is 3.10. The summed E-state index contributed by atoms with van der Waals surface area (Å²) in [6, 6.07) is 5.73. The van der Waals surface area contributed by atoms with E-state index in [1.807, 2.05) is 13.0 Å². The lowest BCUT2D eigenvalue weighted by Crippen LogP contribution is -2.25. The van der Waals surface area contributed by atoms with Crippen molar-refractivity contribution in [1.82, 2.24) is 5.32 Å². The molecule has 0 amide bonds. The van der Waals surface area contributed by atoms with Crippen LogP contribution in [-0.2, 0) is 4.74 Å². The SMILES string of the molecule is CCNC(C1=CCCCO1)c1ccc(OC(F)(F)F)cc1. The maximum Gasteiger partial charge on any atom is 0.573 e. The van der Waals surface area contributed by atoms with Crippen molar-refractivity contribution in [2.45, 2.75) is 32.2 Å². The Kier molecular flexibility index (Phi) is 5.12. The summed E-state index contributed by atoms with van der Waals surface area (Å²) in [6.45, 7) is 3.37. The van der Waals surface area contributed by atoms with Crippen molar-refractivity contribution in [1.29, 1.82) is 0 Å². The molecule has 0 aliphatic carbocycles. The molecule has 0 saturated heterocycles. The molecule has 0 spiro atoms. The van der Waals surface area contributed by atoms with Crippen molar-refractivity contribution < 1.29 is 22.6 Å². The normalized spacial score (nSPS) is 16.9. The highest BCUT2D eigenvalue weighted by Crippen LogP contribution is 2.29. The van der Waals surface area contributed by atoms with E-state index < -0.39 is 6.36 Å². The summed E-state index contributed by atoms with van der Waals surface area (Å²) >= 11 is 0. The zero-order valence-electron chi connectivity index (χ0n) is 11.7. The molecule has 0 radical (unpaired) electrons. The Morgan fingerprint density at radius 3 is 2.52 bits per heavy atom. The van der Waals surface area contributed by atoms with Gasteiger partial charge in [-0.2, -0.15) is 0 Å². The van der Waals surface area contributed by atoms with Gasteiger partial charge in [0.15, 0.2) is 0 Å². The summed E-state index contributed by atoms with van der Waals surface area (Å²) in [4.78, 5) is 0. The largest absolute Gasteiger partial charge is 0.573 e. The number of halogens is 3. The molecule has 1 atom stereocenters. The molecule has 0 fully saturated rings. The molecule has 1 heterocycles. The molecule has 0 bridgehead atoms. The molecule has 1 aromatic carbocycles. The molecule has 1 N–H and O–H groups in total. The first-order valence-electron chi connectivity index (χ1n) is 6.91. The Morgan fingerprint density at radius 1 is 1.29 bits per heavy atom. The number of nitrogens with one attached hydrogen (secondary N) is 1. The summed E-state index contributed by atoms with van der Waals surface area (Å²) in [6.07, 6.45) is -0.707. The predicted molar refractivity (Wildman–Crippen MR) is 72.8 cm³/mol. The van der Waals surface area contributed by atoms with Gasteiger partial charge in [-0.3, -0.25) is 0 Å². The summed E-state index contributed by atoms with van der Waals surface area (Å²) in [5.41, 5.74) is 0.847. The quantitative estimate of drug-likeness (QED) is 0.894. The van der Waals surface area contributed by atoms with E-state index in [2.05, 4.69) is 10.1 Å². The first-order chi connectivity index (χ1) is 9.99. The predicted octanol–water partition coefficient (Wildman–Crippen LogP) is 3.93. The van der Waals surface area contributed by atoms with Crippen LogP contribution >= 0.6 is 0 Å². The molecule has 1 aliphatic heterocycles. The van der Waals surface area contributed by atoms with Gasteiger partial charge in [0, 0.05) is 0 Å². The van der Waals surface area contributed by atoms with Gasteiger partial charge in [0.1, 0.15) is 11.5 Å². The van der Waals surface area contributed by atoms with Gasteiger partial charge in [0.2, 0.25) is 0 Å². The van der Waals surface area contributed by atoms with Gasteiger partial charge < -0.3 is 14.8 Å². The Labute approximate surface area is 121 Å². The summed E-state index contributed by atoms with van der Waals surface area (Å²) in [5, 5.41) is 3.28. The van der Waals surface area contributed by atoms with E-state index in [0.717, 1.165) is 30.7 Å². The van der Waals surface area contributed by atoms with Crippen molar-refractivity contribution in [3.63, 3.8) is 0 Å². The average Bonchev–Trinajstić information content (AvgIpc) is 2.45. The molecular formula is C15H18F3NO2. The molecule has 21 heavy (non-hydrogen) atoms. The zero-order chi connectivity index (χ0) is 15.3. The molecule has 1 aromatic rings. The van der Waals surface area contributed by atoms with Crippen LogP contribution in [0.2, 0.25) is 0 Å². The van der Waals surface area contributed by atoms with Crippen molar-refractivity contribution in [2.75, 3.05) is 13.2 Å². The number of alkyl halides is 3. The molecule has 3 nitrogen and oxygen atoms in total. The van der Waals surface area contributed by atoms with Gasteiger partial charge in [-0.25, -0.2) is 0 Å². The van der Waals surface area contributed by atoms with Crippen LogP contribution in [0, 0.1) is 0 Å². The molecule has 116 valence electrons. The van der Waals surface area contributed by atoms with Crippen LogP contribution in [0.3, 0.4) is 0 Å². The number of benzene rings is 1. The van der Waals surface area contributed by atoms with Crippen LogP contribution in [0.15, 0.2) is 36.1 Å². The highest BCUT2D eigenvalue weighted by atomic mass is 19.4. The second kappa shape index (κ2) is 6.85. The number of allylic oxidation sites excluding steroid dienone is 1. The van der Waals surface area contributed by atoms with E-state index in [0.29, 0.717) is 6.61 Å². The van der Waals surface area contributed by atoms with E-state index >= 15 is 0 Å². The minimum Gasteiger partial charge on any atom is -0.496 e. The Balaban J connectivity index is 2.15. The third kappa shape index (κ3) is 4.67. The molecule has 0 saturated carbocycles. The number of rotatable bonds is 5. The first kappa shape index (κ1) is 15.7. The smallest absolute Gasteiger partial charge is 0.496 e. The lowest BCUT2D eigenvalue weighted by atomic mass is 10.0. The molecule has 1 aliphatic rings. The molecular weight excluding hydrogens is 283 g/mol. The summed E-state index contributed by atoms with van der Waals surface area (Å²) in [5.74, 6) is 0.604. The Bertz CT molecular complexity index is 483. The zero-order valence-corrected chi connectivity index (χ0v) is 11.7. The third-order valence-corrected chi connectivity index (χ3v) is 3.10. The van der Waals surface area contributed by atoms with Gasteiger partial charge in [-0.05, 0) is 43.2 Å². The summed E-state index contributed by atoms with van der Waals surface area (Å²) in [7, 11) is 0. The van der Waals surface area contributed by atoms with Gasteiger partial charge in [-0.15, -0.1) is 13.2 Å². The minimum atomic E-state index is -4.67. The van der Waals surface area contributed by atoms with Gasteiger partial charge in [0.25, 0.3) is 0 Å². The van der Waals surface area contributed by atoms with Crippen LogP contribution in [0.5, 0.6) is 5.75 Å². The van der Waals surface area contributed by atoms with Gasteiger partial charge >= 0.3 is 6.36 Å².